The fourth-order valence-electron chi connectivity index (χ4n) is 2.31. The van der Waals surface area contributed by atoms with E-state index in [1.165, 1.54) is 5.56 Å². The predicted molar refractivity (Wildman–Crippen MR) is 101 cm³/mol. The van der Waals surface area contributed by atoms with Crippen LogP contribution in [0.15, 0.2) is 46.9 Å². The summed E-state index contributed by atoms with van der Waals surface area (Å²) in [7, 11) is 0. The lowest BCUT2D eigenvalue weighted by Gasteiger charge is -2.16. The summed E-state index contributed by atoms with van der Waals surface area (Å²) in [5.41, 5.74) is 2.38. The van der Waals surface area contributed by atoms with Crippen molar-refractivity contribution in [1.29, 1.82) is 0 Å². The van der Waals surface area contributed by atoms with E-state index in [4.69, 9.17) is 15.9 Å². The summed E-state index contributed by atoms with van der Waals surface area (Å²) in [6.45, 7) is 5.66. The first-order chi connectivity index (χ1) is 11.6. The van der Waals surface area contributed by atoms with Gasteiger partial charge in [0.15, 0.2) is 11.5 Å². The van der Waals surface area contributed by atoms with Gasteiger partial charge in [0.25, 0.3) is 0 Å². The number of hydrogen-bond donors (Lipinski definition) is 1. The molecule has 126 valence electrons. The Labute approximate surface area is 152 Å². The maximum atomic E-state index is 5.65. The third kappa shape index (κ3) is 5.30. The summed E-state index contributed by atoms with van der Waals surface area (Å²) < 4.78 is 12.3. The topological polar surface area (TPSA) is 30.5 Å². The Bertz CT molecular complexity index is 692. The van der Waals surface area contributed by atoms with Gasteiger partial charge >= 0.3 is 0 Å². The van der Waals surface area contributed by atoms with Gasteiger partial charge in [-0.1, -0.05) is 40.0 Å². The molecule has 0 saturated heterocycles. The fraction of sp³-hybridized carbons (Fsp3) is 0.300. The van der Waals surface area contributed by atoms with Crippen LogP contribution >= 0.6 is 15.9 Å². The van der Waals surface area contributed by atoms with Crippen LogP contribution in [-0.2, 0) is 6.54 Å². The predicted octanol–water partition coefficient (Wildman–Crippen LogP) is 4.71. The summed E-state index contributed by atoms with van der Waals surface area (Å²) in [5, 5.41) is 3.52. The van der Waals surface area contributed by atoms with Gasteiger partial charge in [-0.15, -0.1) is 6.42 Å². The standard InChI is InChI=1S/C20H22BrNO2/c1-4-12-24-19-11-6-16(13-20(19)23-5-2)14-22-15(3)17-7-9-18(21)10-8-17/h1,6-11,13,15,22H,5,12,14H2,2-3H3/t15-/m1/s1. The molecule has 0 aliphatic heterocycles. The Morgan fingerprint density at radius 3 is 2.54 bits per heavy atom. The molecule has 0 unspecified atom stereocenters. The van der Waals surface area contributed by atoms with Crippen LogP contribution in [0.4, 0.5) is 0 Å². The molecule has 0 saturated carbocycles. The van der Waals surface area contributed by atoms with Crippen molar-refractivity contribution in [2.45, 2.75) is 26.4 Å². The van der Waals surface area contributed by atoms with Gasteiger partial charge in [0.05, 0.1) is 6.61 Å². The molecule has 2 rings (SSSR count). The highest BCUT2D eigenvalue weighted by Gasteiger charge is 2.08. The van der Waals surface area contributed by atoms with Gasteiger partial charge in [0, 0.05) is 17.1 Å². The summed E-state index contributed by atoms with van der Waals surface area (Å²) in [6, 6.07) is 14.5. The summed E-state index contributed by atoms with van der Waals surface area (Å²) in [6.07, 6.45) is 5.25. The van der Waals surface area contributed by atoms with Gasteiger partial charge in [-0.2, -0.15) is 0 Å². The van der Waals surface area contributed by atoms with Crippen molar-refractivity contribution in [3.8, 4) is 23.8 Å². The first kappa shape index (κ1) is 18.4. The highest BCUT2D eigenvalue weighted by atomic mass is 79.9. The van der Waals surface area contributed by atoms with Crippen LogP contribution in [0, 0.1) is 12.3 Å². The molecule has 2 aromatic rings. The number of ether oxygens (including phenoxy) is 2. The second-order valence-corrected chi connectivity index (χ2v) is 6.28. The van der Waals surface area contributed by atoms with Gasteiger partial charge in [-0.25, -0.2) is 0 Å². The zero-order valence-electron chi connectivity index (χ0n) is 14.0. The molecule has 1 atom stereocenters. The van der Waals surface area contributed by atoms with Crippen molar-refractivity contribution >= 4 is 15.9 Å². The minimum Gasteiger partial charge on any atom is -0.490 e. The maximum absolute atomic E-state index is 5.65. The summed E-state index contributed by atoms with van der Waals surface area (Å²) in [4.78, 5) is 0. The molecule has 0 bridgehead atoms. The van der Waals surface area contributed by atoms with E-state index in [0.29, 0.717) is 12.4 Å². The number of hydrogen-bond acceptors (Lipinski definition) is 3. The molecule has 3 nitrogen and oxygen atoms in total. The fourth-order valence-corrected chi connectivity index (χ4v) is 2.57. The smallest absolute Gasteiger partial charge is 0.162 e. The number of halogens is 1. The summed E-state index contributed by atoms with van der Waals surface area (Å²) >= 11 is 3.46. The van der Waals surface area contributed by atoms with E-state index >= 15 is 0 Å². The second kappa shape index (κ2) is 9.36. The molecular weight excluding hydrogens is 366 g/mol. The molecule has 2 aromatic carbocycles. The Kier molecular flexibility index (Phi) is 7.17. The van der Waals surface area contributed by atoms with Crippen molar-refractivity contribution in [3.05, 3.63) is 58.1 Å². The zero-order chi connectivity index (χ0) is 17.4. The largest absolute Gasteiger partial charge is 0.490 e. The van der Waals surface area contributed by atoms with Gasteiger partial charge in [0.1, 0.15) is 6.61 Å². The molecule has 0 aromatic heterocycles. The SMILES string of the molecule is C#CCOc1ccc(CN[C@H](C)c2ccc(Br)cc2)cc1OCC. The lowest BCUT2D eigenvalue weighted by molar-refractivity contribution is 0.299. The molecule has 1 N–H and O–H groups in total. The Balaban J connectivity index is 2.02. The highest BCUT2D eigenvalue weighted by molar-refractivity contribution is 9.10. The monoisotopic (exact) mass is 387 g/mol. The first-order valence-electron chi connectivity index (χ1n) is 7.95. The average Bonchev–Trinajstić information content (AvgIpc) is 2.59. The van der Waals surface area contributed by atoms with Crippen LogP contribution in [0.25, 0.3) is 0 Å². The quantitative estimate of drug-likeness (QED) is 0.665. The van der Waals surface area contributed by atoms with Gasteiger partial charge < -0.3 is 14.8 Å². The van der Waals surface area contributed by atoms with E-state index in [1.54, 1.807) is 0 Å². The lowest BCUT2D eigenvalue weighted by Crippen LogP contribution is -2.18. The van der Waals surface area contributed by atoms with E-state index in [2.05, 4.69) is 58.4 Å². The molecule has 0 spiro atoms. The van der Waals surface area contributed by atoms with Crippen LogP contribution in [0.2, 0.25) is 0 Å². The van der Waals surface area contributed by atoms with Crippen molar-refractivity contribution < 1.29 is 9.47 Å². The number of rotatable bonds is 8. The van der Waals surface area contributed by atoms with Gasteiger partial charge in [-0.05, 0) is 49.2 Å². The Morgan fingerprint density at radius 2 is 1.88 bits per heavy atom. The van der Waals surface area contributed by atoms with Crippen molar-refractivity contribution in [2.24, 2.45) is 0 Å². The van der Waals surface area contributed by atoms with Gasteiger partial charge in [0.2, 0.25) is 0 Å². The van der Waals surface area contributed by atoms with Crippen LogP contribution in [0.3, 0.4) is 0 Å². The van der Waals surface area contributed by atoms with E-state index in [9.17, 15) is 0 Å². The second-order valence-electron chi connectivity index (χ2n) is 5.36. The number of terminal acetylenes is 1. The minimum absolute atomic E-state index is 0.234. The van der Waals surface area contributed by atoms with Crippen LogP contribution in [0.1, 0.15) is 31.0 Å². The lowest BCUT2D eigenvalue weighted by atomic mass is 10.1. The number of nitrogens with one attached hydrogen (secondary N) is 1. The molecule has 4 heteroatoms. The molecule has 0 radical (unpaired) electrons. The number of benzene rings is 2. The first-order valence-corrected chi connectivity index (χ1v) is 8.74. The zero-order valence-corrected chi connectivity index (χ0v) is 15.6. The van der Waals surface area contributed by atoms with Crippen LogP contribution in [0.5, 0.6) is 11.5 Å². The van der Waals surface area contributed by atoms with Crippen molar-refractivity contribution in [2.75, 3.05) is 13.2 Å². The van der Waals surface area contributed by atoms with Crippen molar-refractivity contribution in [3.63, 3.8) is 0 Å². The minimum atomic E-state index is 0.234. The third-order valence-electron chi connectivity index (χ3n) is 3.60. The van der Waals surface area contributed by atoms with Crippen LogP contribution < -0.4 is 14.8 Å². The molecule has 0 aliphatic rings. The average molecular weight is 388 g/mol. The van der Waals surface area contributed by atoms with E-state index in [-0.39, 0.29) is 12.6 Å². The van der Waals surface area contributed by atoms with E-state index in [0.717, 1.165) is 22.3 Å². The van der Waals surface area contributed by atoms with E-state index in [1.807, 2.05) is 25.1 Å². The highest BCUT2D eigenvalue weighted by Crippen LogP contribution is 2.28. The van der Waals surface area contributed by atoms with Crippen molar-refractivity contribution in [1.82, 2.24) is 5.32 Å². The normalized spacial score (nSPS) is 11.6. The molecule has 24 heavy (non-hydrogen) atoms. The molecule has 0 heterocycles. The Hall–Kier alpha value is -1.96. The molecular formula is C20H22BrNO2. The molecule has 0 amide bonds. The molecule has 0 fully saturated rings. The van der Waals surface area contributed by atoms with Crippen LogP contribution in [-0.4, -0.2) is 13.2 Å². The Morgan fingerprint density at radius 1 is 1.12 bits per heavy atom. The van der Waals surface area contributed by atoms with E-state index < -0.39 is 0 Å². The molecule has 0 aliphatic carbocycles. The summed E-state index contributed by atoms with van der Waals surface area (Å²) in [5.74, 6) is 3.87. The van der Waals surface area contributed by atoms with Gasteiger partial charge in [-0.3, -0.25) is 0 Å². The maximum Gasteiger partial charge on any atom is 0.162 e. The third-order valence-corrected chi connectivity index (χ3v) is 4.13.